The first-order valence-corrected chi connectivity index (χ1v) is 9.26. The van der Waals surface area contributed by atoms with Crippen molar-refractivity contribution in [1.82, 2.24) is 9.97 Å². The molecule has 0 aliphatic carbocycles. The van der Waals surface area contributed by atoms with Gasteiger partial charge in [0.15, 0.2) is 0 Å². The highest BCUT2D eigenvalue weighted by molar-refractivity contribution is 5.74. The molecular formula is C19H25N5O2. The van der Waals surface area contributed by atoms with Crippen LogP contribution in [-0.2, 0) is 9.47 Å². The molecule has 4 rings (SSSR count). The number of morpholine rings is 1. The lowest BCUT2D eigenvalue weighted by atomic mass is 10.2. The van der Waals surface area contributed by atoms with E-state index in [1.54, 1.807) is 6.20 Å². The van der Waals surface area contributed by atoms with Crippen molar-refractivity contribution in [3.8, 4) is 0 Å². The minimum atomic E-state index is 0.261. The Balaban J connectivity index is 1.44. The van der Waals surface area contributed by atoms with Gasteiger partial charge in [0.2, 0.25) is 5.95 Å². The Morgan fingerprint density at radius 3 is 2.85 bits per heavy atom. The van der Waals surface area contributed by atoms with Crippen molar-refractivity contribution in [3.05, 3.63) is 36.5 Å². The second-order valence-corrected chi connectivity index (χ2v) is 6.52. The summed E-state index contributed by atoms with van der Waals surface area (Å²) < 4.78 is 11.1. The van der Waals surface area contributed by atoms with Gasteiger partial charge in [-0.15, -0.1) is 0 Å². The van der Waals surface area contributed by atoms with Gasteiger partial charge >= 0.3 is 0 Å². The number of nitrogens with one attached hydrogen (secondary N) is 2. The molecule has 1 aromatic carbocycles. The first-order chi connectivity index (χ1) is 12.9. The maximum absolute atomic E-state index is 5.63. The summed E-state index contributed by atoms with van der Waals surface area (Å²) in [5.74, 6) is 1.39. The third kappa shape index (κ3) is 4.23. The molecule has 1 aromatic heterocycles. The van der Waals surface area contributed by atoms with Crippen LogP contribution in [0.2, 0.25) is 0 Å². The molecule has 2 aliphatic heterocycles. The molecule has 3 heterocycles. The zero-order chi connectivity index (χ0) is 17.6. The Bertz CT molecular complexity index is 715. The Hall–Kier alpha value is -2.38. The minimum Gasteiger partial charge on any atom is -0.378 e. The number of ether oxygens (including phenoxy) is 2. The maximum atomic E-state index is 5.63. The molecule has 0 amide bonds. The highest BCUT2D eigenvalue weighted by Crippen LogP contribution is 2.28. The zero-order valence-corrected chi connectivity index (χ0v) is 14.9. The van der Waals surface area contributed by atoms with Gasteiger partial charge in [-0.25, -0.2) is 4.98 Å². The molecule has 0 saturated carbocycles. The highest BCUT2D eigenvalue weighted by atomic mass is 16.5. The van der Waals surface area contributed by atoms with E-state index in [1.807, 2.05) is 12.1 Å². The van der Waals surface area contributed by atoms with Crippen molar-refractivity contribution >= 4 is 23.1 Å². The van der Waals surface area contributed by atoms with Crippen LogP contribution < -0.4 is 15.5 Å². The molecule has 2 N–H and O–H groups in total. The smallest absolute Gasteiger partial charge is 0.224 e. The number of aromatic nitrogens is 2. The van der Waals surface area contributed by atoms with Gasteiger partial charge in [0, 0.05) is 32.4 Å². The van der Waals surface area contributed by atoms with E-state index in [-0.39, 0.29) is 6.10 Å². The normalized spacial score (nSPS) is 20.2. The predicted octanol–water partition coefficient (Wildman–Crippen LogP) is 2.65. The molecule has 1 unspecified atom stereocenters. The second-order valence-electron chi connectivity index (χ2n) is 6.52. The quantitative estimate of drug-likeness (QED) is 0.825. The van der Waals surface area contributed by atoms with Crippen LogP contribution in [0.1, 0.15) is 12.8 Å². The Morgan fingerprint density at radius 2 is 2.00 bits per heavy atom. The number of hydrogen-bond acceptors (Lipinski definition) is 7. The van der Waals surface area contributed by atoms with Crippen LogP contribution in [0.25, 0.3) is 0 Å². The van der Waals surface area contributed by atoms with Crippen molar-refractivity contribution < 1.29 is 9.47 Å². The Labute approximate surface area is 153 Å². The summed E-state index contributed by atoms with van der Waals surface area (Å²) in [6.07, 6.45) is 4.26. The maximum Gasteiger partial charge on any atom is 0.224 e. The molecule has 138 valence electrons. The predicted molar refractivity (Wildman–Crippen MR) is 102 cm³/mol. The highest BCUT2D eigenvalue weighted by Gasteiger charge is 2.16. The number of rotatable bonds is 6. The fraction of sp³-hybridized carbons (Fsp3) is 0.474. The summed E-state index contributed by atoms with van der Waals surface area (Å²) >= 11 is 0. The monoisotopic (exact) mass is 355 g/mol. The SMILES string of the molecule is c1ccc(N2CCOCC2)c(Nc2ccnc(NCC3CCCO3)n2)c1. The van der Waals surface area contributed by atoms with Crippen LogP contribution in [0.5, 0.6) is 0 Å². The molecule has 26 heavy (non-hydrogen) atoms. The largest absolute Gasteiger partial charge is 0.378 e. The average Bonchev–Trinajstić information content (AvgIpc) is 3.22. The van der Waals surface area contributed by atoms with Gasteiger partial charge in [0.05, 0.1) is 30.7 Å². The Morgan fingerprint density at radius 1 is 1.12 bits per heavy atom. The molecule has 2 aliphatic rings. The van der Waals surface area contributed by atoms with Gasteiger partial charge in [-0.2, -0.15) is 4.98 Å². The molecule has 0 bridgehead atoms. The first-order valence-electron chi connectivity index (χ1n) is 9.26. The van der Waals surface area contributed by atoms with E-state index >= 15 is 0 Å². The van der Waals surface area contributed by atoms with E-state index in [9.17, 15) is 0 Å². The van der Waals surface area contributed by atoms with Crippen LogP contribution in [0.15, 0.2) is 36.5 Å². The lowest BCUT2D eigenvalue weighted by Crippen LogP contribution is -2.36. The van der Waals surface area contributed by atoms with Crippen molar-refractivity contribution in [3.63, 3.8) is 0 Å². The molecule has 1 atom stereocenters. The topological polar surface area (TPSA) is 71.5 Å². The summed E-state index contributed by atoms with van der Waals surface area (Å²) in [6.45, 7) is 4.92. The Kier molecular flexibility index (Phi) is 5.47. The van der Waals surface area contributed by atoms with Crippen LogP contribution in [0, 0.1) is 0 Å². The summed E-state index contributed by atoms with van der Waals surface area (Å²) in [5.41, 5.74) is 2.21. The fourth-order valence-corrected chi connectivity index (χ4v) is 3.32. The molecular weight excluding hydrogens is 330 g/mol. The number of benzene rings is 1. The standard InChI is InChI=1S/C19H25N5O2/c1-2-6-17(24-9-12-25-13-10-24)16(5-1)22-18-7-8-20-19(23-18)21-14-15-4-3-11-26-15/h1-2,5-8,15H,3-4,9-14H2,(H2,20,21,22,23). The summed E-state index contributed by atoms with van der Waals surface area (Å²) in [4.78, 5) is 11.2. The molecule has 7 nitrogen and oxygen atoms in total. The summed E-state index contributed by atoms with van der Waals surface area (Å²) in [6, 6.07) is 10.2. The number of para-hydroxylation sites is 2. The molecule has 7 heteroatoms. The van der Waals surface area contributed by atoms with Gasteiger partial charge in [-0.1, -0.05) is 12.1 Å². The van der Waals surface area contributed by atoms with Crippen LogP contribution in [0.4, 0.5) is 23.1 Å². The van der Waals surface area contributed by atoms with E-state index in [0.29, 0.717) is 5.95 Å². The van der Waals surface area contributed by atoms with E-state index in [1.165, 1.54) is 5.69 Å². The van der Waals surface area contributed by atoms with Gasteiger partial charge < -0.3 is 25.0 Å². The van der Waals surface area contributed by atoms with Gasteiger partial charge in [0.1, 0.15) is 5.82 Å². The van der Waals surface area contributed by atoms with Crippen molar-refractivity contribution in [2.75, 3.05) is 55.0 Å². The van der Waals surface area contributed by atoms with Crippen LogP contribution in [0.3, 0.4) is 0 Å². The minimum absolute atomic E-state index is 0.261. The average molecular weight is 355 g/mol. The van der Waals surface area contributed by atoms with E-state index in [4.69, 9.17) is 9.47 Å². The number of hydrogen-bond donors (Lipinski definition) is 2. The molecule has 2 fully saturated rings. The lowest BCUT2D eigenvalue weighted by molar-refractivity contribution is 0.120. The van der Waals surface area contributed by atoms with Crippen molar-refractivity contribution in [1.29, 1.82) is 0 Å². The molecule has 2 saturated heterocycles. The first kappa shape index (κ1) is 17.1. The third-order valence-electron chi connectivity index (χ3n) is 4.69. The van der Waals surface area contributed by atoms with Gasteiger partial charge in [-0.05, 0) is 31.0 Å². The second kappa shape index (κ2) is 8.33. The van der Waals surface area contributed by atoms with Crippen molar-refractivity contribution in [2.45, 2.75) is 18.9 Å². The summed E-state index contributed by atoms with van der Waals surface area (Å²) in [5, 5.41) is 6.71. The molecule has 0 radical (unpaired) electrons. The van der Waals surface area contributed by atoms with E-state index < -0.39 is 0 Å². The number of nitrogens with zero attached hydrogens (tertiary/aromatic N) is 3. The lowest BCUT2D eigenvalue weighted by Gasteiger charge is -2.30. The summed E-state index contributed by atoms with van der Waals surface area (Å²) in [7, 11) is 0. The van der Waals surface area contributed by atoms with Gasteiger partial charge in [0.25, 0.3) is 0 Å². The zero-order valence-electron chi connectivity index (χ0n) is 14.9. The van der Waals surface area contributed by atoms with Crippen LogP contribution >= 0.6 is 0 Å². The molecule has 2 aromatic rings. The van der Waals surface area contributed by atoms with Crippen LogP contribution in [-0.4, -0.2) is 55.5 Å². The fourth-order valence-electron chi connectivity index (χ4n) is 3.32. The van der Waals surface area contributed by atoms with Crippen molar-refractivity contribution in [2.24, 2.45) is 0 Å². The molecule has 0 spiro atoms. The van der Waals surface area contributed by atoms with E-state index in [2.05, 4.69) is 43.7 Å². The van der Waals surface area contributed by atoms with E-state index in [0.717, 1.165) is 63.8 Å². The number of anilines is 4. The van der Waals surface area contributed by atoms with Gasteiger partial charge in [-0.3, -0.25) is 0 Å². The third-order valence-corrected chi connectivity index (χ3v) is 4.69.